The van der Waals surface area contributed by atoms with Gasteiger partial charge in [-0.25, -0.2) is 4.90 Å². The normalized spacial score (nSPS) is 12.5. The maximum absolute atomic E-state index is 12.8. The summed E-state index contributed by atoms with van der Waals surface area (Å²) in [6.07, 6.45) is 0. The van der Waals surface area contributed by atoms with Crippen molar-refractivity contribution >= 4 is 34.8 Å². The van der Waals surface area contributed by atoms with E-state index in [0.29, 0.717) is 22.4 Å². The van der Waals surface area contributed by atoms with Gasteiger partial charge in [0.2, 0.25) is 0 Å². The molecule has 0 radical (unpaired) electrons. The SMILES string of the molecule is COc1ccc(NC(=O)c2ccc(N3C(=O)c4ccccc4C3=O)cc2C)c([N+](=O)[O-])c1. The highest BCUT2D eigenvalue weighted by Gasteiger charge is 2.36. The fourth-order valence-electron chi connectivity index (χ4n) is 3.55. The van der Waals surface area contributed by atoms with Crippen LogP contribution in [0.1, 0.15) is 36.6 Å². The summed E-state index contributed by atoms with van der Waals surface area (Å²) in [5.41, 5.74) is 1.43. The highest BCUT2D eigenvalue weighted by molar-refractivity contribution is 6.34. The zero-order chi connectivity index (χ0) is 23.0. The Kier molecular flexibility index (Phi) is 5.15. The van der Waals surface area contributed by atoms with Crippen LogP contribution in [0.2, 0.25) is 0 Å². The molecule has 32 heavy (non-hydrogen) atoms. The summed E-state index contributed by atoms with van der Waals surface area (Å²) < 4.78 is 4.99. The molecular formula is C23H17N3O6. The van der Waals surface area contributed by atoms with Gasteiger partial charge in [-0.3, -0.25) is 24.5 Å². The molecule has 1 N–H and O–H groups in total. The second-order valence-electron chi connectivity index (χ2n) is 7.08. The van der Waals surface area contributed by atoms with Crippen molar-refractivity contribution in [3.05, 3.63) is 93.0 Å². The van der Waals surface area contributed by atoms with E-state index in [1.807, 2.05) is 0 Å². The number of nitro benzene ring substituents is 1. The third-order valence-corrected chi connectivity index (χ3v) is 5.16. The quantitative estimate of drug-likeness (QED) is 0.371. The second-order valence-corrected chi connectivity index (χ2v) is 7.08. The van der Waals surface area contributed by atoms with Crippen molar-refractivity contribution in [2.45, 2.75) is 6.92 Å². The largest absolute Gasteiger partial charge is 0.496 e. The Morgan fingerprint density at radius 3 is 2.22 bits per heavy atom. The smallest absolute Gasteiger partial charge is 0.296 e. The molecule has 0 saturated carbocycles. The van der Waals surface area contributed by atoms with Gasteiger partial charge in [-0.1, -0.05) is 12.1 Å². The zero-order valence-corrected chi connectivity index (χ0v) is 17.1. The predicted molar refractivity (Wildman–Crippen MR) is 116 cm³/mol. The molecule has 4 rings (SSSR count). The Bertz CT molecular complexity index is 1270. The minimum Gasteiger partial charge on any atom is -0.496 e. The molecule has 3 aromatic rings. The van der Waals surface area contributed by atoms with Gasteiger partial charge in [0.15, 0.2) is 0 Å². The highest BCUT2D eigenvalue weighted by Crippen LogP contribution is 2.31. The molecule has 0 aromatic heterocycles. The Balaban J connectivity index is 1.61. The summed E-state index contributed by atoms with van der Waals surface area (Å²) in [5.74, 6) is -1.15. The van der Waals surface area contributed by atoms with E-state index in [1.54, 1.807) is 37.3 Å². The number of hydrogen-bond acceptors (Lipinski definition) is 6. The van der Waals surface area contributed by atoms with Crippen molar-refractivity contribution in [2.24, 2.45) is 0 Å². The second kappa shape index (κ2) is 7.95. The Labute approximate surface area is 182 Å². The van der Waals surface area contributed by atoms with E-state index in [-0.39, 0.29) is 22.7 Å². The summed E-state index contributed by atoms with van der Waals surface area (Å²) in [4.78, 5) is 50.0. The van der Waals surface area contributed by atoms with Gasteiger partial charge in [0.25, 0.3) is 23.4 Å². The van der Waals surface area contributed by atoms with Crippen LogP contribution in [0.15, 0.2) is 60.7 Å². The van der Waals surface area contributed by atoms with Gasteiger partial charge in [0, 0.05) is 5.56 Å². The van der Waals surface area contributed by atoms with Gasteiger partial charge in [0.1, 0.15) is 11.4 Å². The number of carbonyl (C=O) groups is 3. The number of nitrogens with zero attached hydrogens (tertiary/aromatic N) is 2. The molecule has 9 heteroatoms. The number of fused-ring (bicyclic) bond motifs is 1. The van der Waals surface area contributed by atoms with Gasteiger partial charge in [-0.05, 0) is 55.0 Å². The van der Waals surface area contributed by atoms with Crippen LogP contribution >= 0.6 is 0 Å². The first-order chi connectivity index (χ1) is 15.3. The van der Waals surface area contributed by atoms with Crippen molar-refractivity contribution in [1.29, 1.82) is 0 Å². The third kappa shape index (κ3) is 3.45. The summed E-state index contributed by atoms with van der Waals surface area (Å²) in [6.45, 7) is 1.65. The minimum atomic E-state index is -0.615. The number of aryl methyl sites for hydroxylation is 1. The van der Waals surface area contributed by atoms with E-state index in [1.165, 1.54) is 37.4 Å². The molecule has 1 aliphatic rings. The molecule has 1 aliphatic heterocycles. The van der Waals surface area contributed by atoms with Gasteiger partial charge in [-0.2, -0.15) is 0 Å². The number of nitro groups is 1. The lowest BCUT2D eigenvalue weighted by atomic mass is 10.1. The van der Waals surface area contributed by atoms with Crippen LogP contribution in [-0.2, 0) is 0 Å². The molecule has 0 bridgehead atoms. The Morgan fingerprint density at radius 1 is 1.00 bits per heavy atom. The van der Waals surface area contributed by atoms with E-state index < -0.39 is 22.6 Å². The fraction of sp³-hybridized carbons (Fsp3) is 0.0870. The summed E-state index contributed by atoms with van der Waals surface area (Å²) in [5, 5.41) is 13.9. The summed E-state index contributed by atoms with van der Waals surface area (Å²) in [6, 6.07) is 15.2. The molecule has 3 amide bonds. The Hall–Kier alpha value is -4.53. The number of hydrogen-bond donors (Lipinski definition) is 1. The lowest BCUT2D eigenvalue weighted by molar-refractivity contribution is -0.384. The van der Waals surface area contributed by atoms with Crippen molar-refractivity contribution < 1.29 is 24.0 Å². The third-order valence-electron chi connectivity index (χ3n) is 5.16. The number of carbonyl (C=O) groups excluding carboxylic acids is 3. The molecule has 0 aliphatic carbocycles. The molecule has 0 fully saturated rings. The molecular weight excluding hydrogens is 414 g/mol. The summed E-state index contributed by atoms with van der Waals surface area (Å²) in [7, 11) is 1.39. The molecule has 0 spiro atoms. The average molecular weight is 431 g/mol. The van der Waals surface area contributed by atoms with Gasteiger partial charge in [0.05, 0.1) is 34.9 Å². The topological polar surface area (TPSA) is 119 Å². The molecule has 3 aromatic carbocycles. The molecule has 0 saturated heterocycles. The van der Waals surface area contributed by atoms with Crippen LogP contribution in [0.5, 0.6) is 5.75 Å². The monoisotopic (exact) mass is 431 g/mol. The fourth-order valence-corrected chi connectivity index (χ4v) is 3.55. The number of rotatable bonds is 5. The van der Waals surface area contributed by atoms with Crippen LogP contribution < -0.4 is 15.0 Å². The van der Waals surface area contributed by atoms with E-state index >= 15 is 0 Å². The molecule has 1 heterocycles. The van der Waals surface area contributed by atoms with Crippen molar-refractivity contribution in [3.8, 4) is 5.75 Å². The van der Waals surface area contributed by atoms with Crippen molar-refractivity contribution in [3.63, 3.8) is 0 Å². The maximum Gasteiger partial charge on any atom is 0.296 e. The van der Waals surface area contributed by atoms with Crippen LogP contribution in [0.25, 0.3) is 0 Å². The molecule has 0 unspecified atom stereocenters. The zero-order valence-electron chi connectivity index (χ0n) is 17.1. The van der Waals surface area contributed by atoms with Crippen molar-refractivity contribution in [1.82, 2.24) is 0 Å². The number of nitrogens with one attached hydrogen (secondary N) is 1. The predicted octanol–water partition coefficient (Wildman–Crippen LogP) is 3.96. The molecule has 0 atom stereocenters. The van der Waals surface area contributed by atoms with Crippen LogP contribution in [0, 0.1) is 17.0 Å². The van der Waals surface area contributed by atoms with Gasteiger partial charge < -0.3 is 10.1 Å². The first-order valence-electron chi connectivity index (χ1n) is 9.54. The van der Waals surface area contributed by atoms with E-state index in [9.17, 15) is 24.5 Å². The standard InChI is InChI=1S/C23H17N3O6/c1-13-11-14(25-22(28)17-5-3-4-6-18(17)23(25)29)7-9-16(13)21(27)24-19-10-8-15(32-2)12-20(19)26(30)31/h3-12H,1-2H3,(H,24,27). The number of ether oxygens (including phenoxy) is 1. The van der Waals surface area contributed by atoms with Crippen LogP contribution in [0.3, 0.4) is 0 Å². The van der Waals surface area contributed by atoms with E-state index in [4.69, 9.17) is 4.74 Å². The average Bonchev–Trinajstić information content (AvgIpc) is 3.04. The Morgan fingerprint density at radius 2 is 1.66 bits per heavy atom. The summed E-state index contributed by atoms with van der Waals surface area (Å²) >= 11 is 0. The van der Waals surface area contributed by atoms with E-state index in [0.717, 1.165) is 4.90 Å². The van der Waals surface area contributed by atoms with Gasteiger partial charge in [-0.15, -0.1) is 0 Å². The van der Waals surface area contributed by atoms with Crippen LogP contribution in [0.4, 0.5) is 17.1 Å². The number of imide groups is 1. The van der Waals surface area contributed by atoms with Gasteiger partial charge >= 0.3 is 0 Å². The van der Waals surface area contributed by atoms with E-state index in [2.05, 4.69) is 5.32 Å². The molecule has 160 valence electrons. The minimum absolute atomic E-state index is 0.0182. The number of benzene rings is 3. The lowest BCUT2D eigenvalue weighted by Gasteiger charge is -2.16. The van der Waals surface area contributed by atoms with Crippen molar-refractivity contribution in [2.75, 3.05) is 17.3 Å². The maximum atomic E-state index is 12.8. The number of anilines is 2. The first kappa shape index (κ1) is 20.7. The number of methoxy groups -OCH3 is 1. The first-order valence-corrected chi connectivity index (χ1v) is 9.54. The molecule has 9 nitrogen and oxygen atoms in total. The number of amides is 3. The lowest BCUT2D eigenvalue weighted by Crippen LogP contribution is -2.29. The van der Waals surface area contributed by atoms with Crippen LogP contribution in [-0.4, -0.2) is 29.8 Å². The highest BCUT2D eigenvalue weighted by atomic mass is 16.6.